The molecule has 0 aliphatic heterocycles. The van der Waals surface area contributed by atoms with Crippen molar-refractivity contribution in [2.24, 2.45) is 5.73 Å². The molecule has 4 N–H and O–H groups in total. The van der Waals surface area contributed by atoms with Crippen molar-refractivity contribution in [2.45, 2.75) is 6.18 Å². The Morgan fingerprint density at radius 2 is 2.19 bits per heavy atom. The fourth-order valence-electron chi connectivity index (χ4n) is 0.909. The number of halogens is 3. The van der Waals surface area contributed by atoms with Crippen molar-refractivity contribution in [1.82, 2.24) is 4.98 Å². The van der Waals surface area contributed by atoms with Gasteiger partial charge in [-0.3, -0.25) is 5.41 Å². The van der Waals surface area contributed by atoms with E-state index < -0.39 is 30.1 Å². The first-order valence-corrected chi connectivity index (χ1v) is 4.03. The summed E-state index contributed by atoms with van der Waals surface area (Å²) >= 11 is 0. The summed E-state index contributed by atoms with van der Waals surface area (Å²) in [5.41, 5.74) is 4.73. The van der Waals surface area contributed by atoms with E-state index in [0.29, 0.717) is 0 Å². The first kappa shape index (κ1) is 12.1. The maximum atomic E-state index is 11.8. The number of nitrogens with one attached hydrogen (secondary N) is 1. The lowest BCUT2D eigenvalue weighted by Crippen LogP contribution is -2.20. The zero-order valence-corrected chi connectivity index (χ0v) is 7.88. The van der Waals surface area contributed by atoms with Gasteiger partial charge < -0.3 is 15.6 Å². The number of ether oxygens (including phenoxy) is 1. The van der Waals surface area contributed by atoms with Gasteiger partial charge in [0, 0.05) is 12.3 Å². The summed E-state index contributed by atoms with van der Waals surface area (Å²) in [6, 6.07) is 1.05. The maximum absolute atomic E-state index is 11.8. The Kier molecular flexibility index (Phi) is 3.21. The molecule has 0 aromatic carbocycles. The van der Waals surface area contributed by atoms with E-state index in [1.54, 1.807) is 0 Å². The van der Waals surface area contributed by atoms with Crippen LogP contribution in [-0.2, 0) is 0 Å². The van der Waals surface area contributed by atoms with Crippen LogP contribution in [0.5, 0.6) is 11.5 Å². The Labute approximate surface area is 88.2 Å². The van der Waals surface area contributed by atoms with Crippen LogP contribution in [-0.4, -0.2) is 28.7 Å². The average molecular weight is 235 g/mol. The molecule has 88 valence electrons. The van der Waals surface area contributed by atoms with E-state index in [0.717, 1.165) is 12.3 Å². The molecule has 1 rings (SSSR count). The number of nitrogens with zero attached hydrogens (tertiary/aromatic N) is 1. The number of amidine groups is 1. The fraction of sp³-hybridized carbons (Fsp3) is 0.250. The van der Waals surface area contributed by atoms with Crippen LogP contribution in [0.2, 0.25) is 0 Å². The van der Waals surface area contributed by atoms with Crippen LogP contribution < -0.4 is 10.5 Å². The molecule has 0 spiro atoms. The average Bonchev–Trinajstić information content (AvgIpc) is 2.14. The molecule has 0 saturated heterocycles. The third kappa shape index (κ3) is 3.01. The molecule has 0 bridgehead atoms. The van der Waals surface area contributed by atoms with E-state index in [-0.39, 0.29) is 5.69 Å². The van der Waals surface area contributed by atoms with Gasteiger partial charge in [-0.25, -0.2) is 4.98 Å². The van der Waals surface area contributed by atoms with Crippen molar-refractivity contribution < 1.29 is 23.0 Å². The minimum absolute atomic E-state index is 0.320. The van der Waals surface area contributed by atoms with Crippen molar-refractivity contribution in [3.63, 3.8) is 0 Å². The van der Waals surface area contributed by atoms with Crippen molar-refractivity contribution in [3.8, 4) is 11.5 Å². The number of nitrogens with two attached hydrogens (primary N) is 1. The van der Waals surface area contributed by atoms with Crippen molar-refractivity contribution in [3.05, 3.63) is 18.0 Å². The molecule has 0 saturated carbocycles. The van der Waals surface area contributed by atoms with E-state index in [1.165, 1.54) is 0 Å². The number of rotatable bonds is 3. The van der Waals surface area contributed by atoms with Gasteiger partial charge in [-0.2, -0.15) is 13.2 Å². The zero-order valence-electron chi connectivity index (χ0n) is 7.88. The standard InChI is InChI=1S/C8H8F3N3O2/c9-8(10,11)3-16-4-1-2-14-5(6(4)15)7(12)13/h1-2,15H,3H2,(H3,12,13). The first-order valence-electron chi connectivity index (χ1n) is 4.03. The van der Waals surface area contributed by atoms with Gasteiger partial charge in [-0.15, -0.1) is 0 Å². The second kappa shape index (κ2) is 4.25. The Balaban J connectivity index is 2.90. The molecule has 0 aliphatic rings. The highest BCUT2D eigenvalue weighted by Gasteiger charge is 2.29. The summed E-state index contributed by atoms with van der Waals surface area (Å²) in [6.45, 7) is -1.54. The second-order valence-corrected chi connectivity index (χ2v) is 2.82. The predicted octanol–water partition coefficient (Wildman–Crippen LogP) is 1.01. The zero-order chi connectivity index (χ0) is 12.3. The predicted molar refractivity (Wildman–Crippen MR) is 48.5 cm³/mol. The lowest BCUT2D eigenvalue weighted by atomic mass is 10.3. The maximum Gasteiger partial charge on any atom is 0.422 e. The van der Waals surface area contributed by atoms with Crippen LogP contribution in [0.15, 0.2) is 12.3 Å². The third-order valence-corrected chi connectivity index (χ3v) is 1.53. The summed E-state index contributed by atoms with van der Waals surface area (Å²) in [7, 11) is 0. The highest BCUT2D eigenvalue weighted by Crippen LogP contribution is 2.29. The molecule has 0 radical (unpaired) electrons. The normalized spacial score (nSPS) is 11.2. The van der Waals surface area contributed by atoms with E-state index in [9.17, 15) is 18.3 Å². The number of hydrogen-bond acceptors (Lipinski definition) is 4. The summed E-state index contributed by atoms with van der Waals surface area (Å²) in [5, 5.41) is 16.4. The fourth-order valence-corrected chi connectivity index (χ4v) is 0.909. The number of nitrogen functional groups attached to an aromatic ring is 1. The third-order valence-electron chi connectivity index (χ3n) is 1.53. The number of pyridine rings is 1. The number of hydrogen-bond donors (Lipinski definition) is 3. The molecule has 16 heavy (non-hydrogen) atoms. The minimum atomic E-state index is -4.51. The van der Waals surface area contributed by atoms with Crippen LogP contribution in [0.25, 0.3) is 0 Å². The monoisotopic (exact) mass is 235 g/mol. The molecular formula is C8H8F3N3O2. The molecule has 1 aromatic heterocycles. The lowest BCUT2D eigenvalue weighted by Gasteiger charge is -2.11. The van der Waals surface area contributed by atoms with Gasteiger partial charge in [-0.1, -0.05) is 0 Å². The van der Waals surface area contributed by atoms with Gasteiger partial charge in [0.05, 0.1) is 0 Å². The van der Waals surface area contributed by atoms with Crippen molar-refractivity contribution in [1.29, 1.82) is 5.41 Å². The molecule has 0 fully saturated rings. The van der Waals surface area contributed by atoms with E-state index in [4.69, 9.17) is 11.1 Å². The topological polar surface area (TPSA) is 92.2 Å². The Morgan fingerprint density at radius 1 is 1.56 bits per heavy atom. The smallest absolute Gasteiger partial charge is 0.422 e. The Bertz CT molecular complexity index is 406. The van der Waals surface area contributed by atoms with Crippen LogP contribution in [0.3, 0.4) is 0 Å². The Hall–Kier alpha value is -1.99. The molecule has 1 aromatic rings. The SMILES string of the molecule is N=C(N)c1nccc(OCC(F)(F)F)c1O. The van der Waals surface area contributed by atoms with E-state index >= 15 is 0 Å². The highest BCUT2D eigenvalue weighted by molar-refractivity contribution is 5.96. The molecule has 0 unspecified atom stereocenters. The molecule has 5 nitrogen and oxygen atoms in total. The quantitative estimate of drug-likeness (QED) is 0.538. The van der Waals surface area contributed by atoms with E-state index in [1.807, 2.05) is 0 Å². The summed E-state index contributed by atoms with van der Waals surface area (Å²) in [4.78, 5) is 3.52. The second-order valence-electron chi connectivity index (χ2n) is 2.82. The summed E-state index contributed by atoms with van der Waals surface area (Å²) < 4.78 is 39.9. The number of aromatic hydroxyl groups is 1. The highest BCUT2D eigenvalue weighted by atomic mass is 19.4. The molecule has 0 amide bonds. The largest absolute Gasteiger partial charge is 0.503 e. The first-order chi connectivity index (χ1) is 7.31. The van der Waals surface area contributed by atoms with Crippen LogP contribution in [0.1, 0.15) is 5.69 Å². The molecule has 0 atom stereocenters. The minimum Gasteiger partial charge on any atom is -0.503 e. The Morgan fingerprint density at radius 3 is 2.69 bits per heavy atom. The van der Waals surface area contributed by atoms with Gasteiger partial charge in [0.2, 0.25) is 0 Å². The van der Waals surface area contributed by atoms with Gasteiger partial charge in [0.1, 0.15) is 11.5 Å². The van der Waals surface area contributed by atoms with Gasteiger partial charge in [0.15, 0.2) is 18.1 Å². The molecular weight excluding hydrogens is 227 g/mol. The van der Waals surface area contributed by atoms with Crippen molar-refractivity contribution >= 4 is 5.84 Å². The number of alkyl halides is 3. The molecule has 1 heterocycles. The molecule has 0 aliphatic carbocycles. The van der Waals surface area contributed by atoms with Crippen LogP contribution >= 0.6 is 0 Å². The van der Waals surface area contributed by atoms with Crippen LogP contribution in [0.4, 0.5) is 13.2 Å². The van der Waals surface area contributed by atoms with Gasteiger partial charge >= 0.3 is 6.18 Å². The van der Waals surface area contributed by atoms with Gasteiger partial charge in [0.25, 0.3) is 0 Å². The summed E-state index contributed by atoms with van der Waals surface area (Å²) in [6.07, 6.45) is -3.42. The van der Waals surface area contributed by atoms with Crippen LogP contribution in [0, 0.1) is 5.41 Å². The van der Waals surface area contributed by atoms with Gasteiger partial charge in [-0.05, 0) is 0 Å². The molecule has 8 heteroatoms. The lowest BCUT2D eigenvalue weighted by molar-refractivity contribution is -0.153. The van der Waals surface area contributed by atoms with Crippen molar-refractivity contribution in [2.75, 3.05) is 6.61 Å². The number of aromatic nitrogens is 1. The van der Waals surface area contributed by atoms with E-state index in [2.05, 4.69) is 9.72 Å². The summed E-state index contributed by atoms with van der Waals surface area (Å²) in [5.74, 6) is -1.66.